The number of imidazole rings is 1. The summed E-state index contributed by atoms with van der Waals surface area (Å²) in [4.78, 5) is 7.90. The van der Waals surface area contributed by atoms with Crippen molar-refractivity contribution in [1.82, 2.24) is 9.97 Å². The molecule has 0 saturated carbocycles. The number of hydrogen-bond acceptors (Lipinski definition) is 5. The maximum absolute atomic E-state index is 8.60. The molecule has 0 aliphatic heterocycles. The molecule has 0 atom stereocenters. The summed E-state index contributed by atoms with van der Waals surface area (Å²) in [6.45, 7) is 0.681. The molecule has 0 fully saturated rings. The first-order chi connectivity index (χ1) is 6.29. The molecule has 0 saturated heterocycles. The number of nitrogens with two attached hydrogens (primary N) is 1. The van der Waals surface area contributed by atoms with Crippen LogP contribution in [0.1, 0.15) is 0 Å². The fourth-order valence-electron chi connectivity index (χ4n) is 1.10. The Morgan fingerprint density at radius 1 is 1.69 bits per heavy atom. The summed E-state index contributed by atoms with van der Waals surface area (Å²) in [7, 11) is 0. The smallest absolute Gasteiger partial charge is 0.199 e. The third-order valence-corrected chi connectivity index (χ3v) is 2.59. The fraction of sp³-hybridized carbons (Fsp3) is 0.286. The highest BCUT2D eigenvalue weighted by Gasteiger charge is 2.04. The van der Waals surface area contributed by atoms with Crippen molar-refractivity contribution in [2.24, 2.45) is 0 Å². The van der Waals surface area contributed by atoms with Gasteiger partial charge in [-0.2, -0.15) is 0 Å². The first kappa shape index (κ1) is 8.33. The predicted octanol–water partition coefficient (Wildman–Crippen LogP) is 0.611. The van der Waals surface area contributed by atoms with E-state index in [1.807, 2.05) is 6.07 Å². The molecule has 0 spiro atoms. The highest BCUT2D eigenvalue weighted by Crippen LogP contribution is 2.27. The van der Waals surface area contributed by atoms with Crippen LogP contribution in [0, 0.1) is 0 Å². The fourth-order valence-corrected chi connectivity index (χ4v) is 2.02. The van der Waals surface area contributed by atoms with Crippen molar-refractivity contribution in [1.29, 1.82) is 0 Å². The number of aromatic nitrogens is 2. The summed E-state index contributed by atoms with van der Waals surface area (Å²) < 4.78 is 0. The van der Waals surface area contributed by atoms with E-state index in [0.29, 0.717) is 12.5 Å². The minimum absolute atomic E-state index is 0.126. The third-order valence-electron chi connectivity index (χ3n) is 1.61. The van der Waals surface area contributed by atoms with E-state index in [1.165, 1.54) is 11.3 Å². The number of nitrogen functional groups attached to an aromatic ring is 1. The van der Waals surface area contributed by atoms with Crippen molar-refractivity contribution in [3.63, 3.8) is 0 Å². The third kappa shape index (κ3) is 1.58. The van der Waals surface area contributed by atoms with Gasteiger partial charge in [-0.1, -0.05) is 11.3 Å². The summed E-state index contributed by atoms with van der Waals surface area (Å²) in [5, 5.41) is 12.6. The van der Waals surface area contributed by atoms with Gasteiger partial charge in [-0.15, -0.1) is 0 Å². The molecule has 0 aliphatic rings. The van der Waals surface area contributed by atoms with Gasteiger partial charge in [0, 0.05) is 6.54 Å². The summed E-state index contributed by atoms with van der Waals surface area (Å²) in [6.07, 6.45) is 0. The SMILES string of the molecule is Nc1nc2sc(NCCO)cc2[nH]1. The number of aliphatic hydroxyl groups excluding tert-OH is 1. The van der Waals surface area contributed by atoms with Crippen LogP contribution in [0.25, 0.3) is 10.3 Å². The Balaban J connectivity index is 2.24. The first-order valence-electron chi connectivity index (χ1n) is 3.89. The van der Waals surface area contributed by atoms with Gasteiger partial charge in [-0.3, -0.25) is 0 Å². The van der Waals surface area contributed by atoms with Crippen LogP contribution in [-0.4, -0.2) is 28.2 Å². The molecule has 2 rings (SSSR count). The van der Waals surface area contributed by atoms with E-state index >= 15 is 0 Å². The maximum atomic E-state index is 8.60. The van der Waals surface area contributed by atoms with Crippen molar-refractivity contribution < 1.29 is 5.11 Å². The minimum atomic E-state index is 0.126. The van der Waals surface area contributed by atoms with Crippen molar-refractivity contribution in [2.75, 3.05) is 24.2 Å². The summed E-state index contributed by atoms with van der Waals surface area (Å²) in [5.74, 6) is 0.440. The van der Waals surface area contributed by atoms with Gasteiger partial charge >= 0.3 is 0 Å². The van der Waals surface area contributed by atoms with E-state index in [-0.39, 0.29) is 6.61 Å². The number of fused-ring (bicyclic) bond motifs is 1. The van der Waals surface area contributed by atoms with Gasteiger partial charge in [0.15, 0.2) is 5.95 Å². The second kappa shape index (κ2) is 3.23. The van der Waals surface area contributed by atoms with Crippen molar-refractivity contribution in [3.05, 3.63) is 6.07 Å². The maximum Gasteiger partial charge on any atom is 0.199 e. The van der Waals surface area contributed by atoms with Crippen LogP contribution >= 0.6 is 11.3 Å². The molecular weight excluding hydrogens is 188 g/mol. The second-order valence-electron chi connectivity index (χ2n) is 2.60. The molecule has 70 valence electrons. The number of aromatic amines is 1. The average Bonchev–Trinajstić information content (AvgIpc) is 2.57. The monoisotopic (exact) mass is 198 g/mol. The molecule has 0 aromatic carbocycles. The topological polar surface area (TPSA) is 87.0 Å². The lowest BCUT2D eigenvalue weighted by Gasteiger charge is -1.97. The molecule has 6 heteroatoms. The van der Waals surface area contributed by atoms with Crippen LogP contribution < -0.4 is 11.1 Å². The van der Waals surface area contributed by atoms with E-state index in [9.17, 15) is 0 Å². The number of H-pyrrole nitrogens is 1. The zero-order valence-electron chi connectivity index (χ0n) is 6.87. The number of rotatable bonds is 3. The summed E-state index contributed by atoms with van der Waals surface area (Å²) in [5.41, 5.74) is 6.40. The lowest BCUT2D eigenvalue weighted by atomic mass is 10.5. The molecule has 0 unspecified atom stereocenters. The van der Waals surface area contributed by atoms with Gasteiger partial charge in [0.25, 0.3) is 0 Å². The van der Waals surface area contributed by atoms with Crippen LogP contribution in [0.4, 0.5) is 10.9 Å². The quantitative estimate of drug-likeness (QED) is 0.582. The molecule has 0 amide bonds. The van der Waals surface area contributed by atoms with Crippen LogP contribution in [0.5, 0.6) is 0 Å². The molecule has 0 bridgehead atoms. The molecule has 13 heavy (non-hydrogen) atoms. The Kier molecular flexibility index (Phi) is 2.07. The number of hydrogen-bond donors (Lipinski definition) is 4. The molecule has 2 aromatic rings. The lowest BCUT2D eigenvalue weighted by molar-refractivity contribution is 0.311. The highest BCUT2D eigenvalue weighted by atomic mass is 32.1. The molecule has 0 aliphatic carbocycles. The van der Waals surface area contributed by atoms with Gasteiger partial charge in [-0.25, -0.2) is 4.98 Å². The van der Waals surface area contributed by atoms with Gasteiger partial charge in [0.2, 0.25) is 0 Å². The van der Waals surface area contributed by atoms with Crippen LogP contribution in [0.15, 0.2) is 6.07 Å². The largest absolute Gasteiger partial charge is 0.395 e. The van der Waals surface area contributed by atoms with Gasteiger partial charge in [0.05, 0.1) is 17.1 Å². The number of thiophene rings is 1. The zero-order chi connectivity index (χ0) is 9.26. The number of nitrogens with zero attached hydrogens (tertiary/aromatic N) is 1. The van der Waals surface area contributed by atoms with E-state index in [4.69, 9.17) is 10.8 Å². The Hall–Kier alpha value is -1.27. The van der Waals surface area contributed by atoms with E-state index < -0.39 is 0 Å². The normalized spacial score (nSPS) is 10.8. The minimum Gasteiger partial charge on any atom is -0.395 e. The van der Waals surface area contributed by atoms with Crippen LogP contribution in [0.3, 0.4) is 0 Å². The van der Waals surface area contributed by atoms with Crippen LogP contribution in [0.2, 0.25) is 0 Å². The molecule has 5 N–H and O–H groups in total. The predicted molar refractivity (Wildman–Crippen MR) is 54.0 cm³/mol. The molecule has 2 heterocycles. The standard InChI is InChI=1S/C7H10N4OS/c8-7-10-4-3-5(9-1-2-12)13-6(4)11-7/h3,9,12H,1-2H2,(H3,8,10,11). The van der Waals surface area contributed by atoms with Crippen molar-refractivity contribution in [3.8, 4) is 0 Å². The Labute approximate surface area is 78.6 Å². The zero-order valence-corrected chi connectivity index (χ0v) is 7.69. The molecular formula is C7H10N4OS. The number of nitrogens with one attached hydrogen (secondary N) is 2. The van der Waals surface area contributed by atoms with E-state index in [2.05, 4.69) is 15.3 Å². The Bertz CT molecular complexity index is 376. The molecule has 5 nitrogen and oxygen atoms in total. The van der Waals surface area contributed by atoms with Crippen molar-refractivity contribution in [2.45, 2.75) is 0 Å². The average molecular weight is 198 g/mol. The van der Waals surface area contributed by atoms with Crippen LogP contribution in [-0.2, 0) is 0 Å². The number of aliphatic hydroxyl groups is 1. The second-order valence-corrected chi connectivity index (χ2v) is 3.63. The Morgan fingerprint density at radius 3 is 3.23 bits per heavy atom. The molecule has 2 aromatic heterocycles. The number of anilines is 2. The highest BCUT2D eigenvalue weighted by molar-refractivity contribution is 7.22. The Morgan fingerprint density at radius 2 is 2.54 bits per heavy atom. The summed E-state index contributed by atoms with van der Waals surface area (Å²) >= 11 is 1.51. The van der Waals surface area contributed by atoms with E-state index in [1.54, 1.807) is 0 Å². The first-order valence-corrected chi connectivity index (χ1v) is 4.71. The van der Waals surface area contributed by atoms with E-state index in [0.717, 1.165) is 15.3 Å². The van der Waals surface area contributed by atoms with Gasteiger partial charge in [-0.05, 0) is 6.07 Å². The lowest BCUT2D eigenvalue weighted by Crippen LogP contribution is -2.03. The van der Waals surface area contributed by atoms with Gasteiger partial charge < -0.3 is 21.1 Å². The summed E-state index contributed by atoms with van der Waals surface area (Å²) in [6, 6.07) is 1.93. The molecule has 0 radical (unpaired) electrons. The van der Waals surface area contributed by atoms with Gasteiger partial charge in [0.1, 0.15) is 4.83 Å². The van der Waals surface area contributed by atoms with Crippen molar-refractivity contribution >= 4 is 32.6 Å².